The number of Topliss-reactive ketones (excluding diaryl/α,β-unsaturated/α-hetero) is 1. The average molecular weight is 192 g/mol. The summed E-state index contributed by atoms with van der Waals surface area (Å²) in [6.45, 7) is 0. The van der Waals surface area contributed by atoms with Gasteiger partial charge in [-0.3, -0.25) is 4.79 Å². The Bertz CT molecular complexity index is 213. The first-order valence-corrected chi connectivity index (χ1v) is 4.13. The number of alkyl carbamates (subject to hydrolysis) is 1. The summed E-state index contributed by atoms with van der Waals surface area (Å²) in [5.41, 5.74) is -0.713. The Labute approximate surface area is 75.2 Å². The molecule has 1 rings (SSSR count). The number of hydrogen-bond donors (Lipinski definition) is 1. The second-order valence-corrected chi connectivity index (χ2v) is 3.02. The van der Waals surface area contributed by atoms with E-state index in [1.165, 1.54) is 7.11 Å². The Morgan fingerprint density at radius 3 is 2.50 bits per heavy atom. The van der Waals surface area contributed by atoms with Crippen LogP contribution in [0.3, 0.4) is 0 Å². The van der Waals surface area contributed by atoms with Crippen molar-refractivity contribution in [2.75, 3.05) is 13.0 Å². The lowest BCUT2D eigenvalue weighted by atomic mass is 10.2. The van der Waals surface area contributed by atoms with Crippen molar-refractivity contribution in [1.29, 1.82) is 0 Å². The molecule has 0 aliphatic heterocycles. The van der Waals surface area contributed by atoms with Gasteiger partial charge in [-0.25, -0.2) is 4.79 Å². The maximum Gasteiger partial charge on any atom is 0.407 e. The van der Waals surface area contributed by atoms with E-state index >= 15 is 0 Å². The van der Waals surface area contributed by atoms with Gasteiger partial charge in [0.2, 0.25) is 0 Å². The number of methoxy groups -OCH3 is 1. The maximum absolute atomic E-state index is 11.1. The van der Waals surface area contributed by atoms with Crippen LogP contribution in [0, 0.1) is 0 Å². The molecule has 0 atom stereocenters. The summed E-state index contributed by atoms with van der Waals surface area (Å²) in [5, 5.41) is 2.47. The lowest BCUT2D eigenvalue weighted by molar-refractivity contribution is -0.119. The molecule has 1 N–H and O–H groups in total. The molecule has 1 fully saturated rings. The van der Waals surface area contributed by atoms with Gasteiger partial charge in [0.25, 0.3) is 0 Å². The summed E-state index contributed by atoms with van der Waals surface area (Å²) >= 11 is 5.36. The number of ketones is 1. The molecular formula is C7H10ClNO3. The van der Waals surface area contributed by atoms with Crippen molar-refractivity contribution < 1.29 is 14.3 Å². The van der Waals surface area contributed by atoms with Crippen LogP contribution in [0.15, 0.2) is 0 Å². The third kappa shape index (κ3) is 1.69. The van der Waals surface area contributed by atoms with E-state index < -0.39 is 11.6 Å². The van der Waals surface area contributed by atoms with Gasteiger partial charge in [0, 0.05) is 0 Å². The van der Waals surface area contributed by atoms with Gasteiger partial charge >= 0.3 is 6.09 Å². The number of amides is 1. The van der Waals surface area contributed by atoms with E-state index in [2.05, 4.69) is 10.1 Å². The van der Waals surface area contributed by atoms with Gasteiger partial charge in [-0.2, -0.15) is 0 Å². The van der Waals surface area contributed by atoms with Crippen LogP contribution in [-0.2, 0) is 9.53 Å². The second kappa shape index (κ2) is 3.31. The highest BCUT2D eigenvalue weighted by Crippen LogP contribution is 2.36. The van der Waals surface area contributed by atoms with Crippen molar-refractivity contribution in [1.82, 2.24) is 5.32 Å². The number of alkyl halides is 1. The SMILES string of the molecule is COC(=O)NC1(C(=O)CCl)CC1. The molecule has 1 saturated carbocycles. The molecule has 1 amide bonds. The summed E-state index contributed by atoms with van der Waals surface area (Å²) in [4.78, 5) is 21.9. The zero-order valence-corrected chi connectivity index (χ0v) is 7.48. The van der Waals surface area contributed by atoms with Gasteiger partial charge in [-0.1, -0.05) is 0 Å². The van der Waals surface area contributed by atoms with Crippen LogP contribution in [0.25, 0.3) is 0 Å². The summed E-state index contributed by atoms with van der Waals surface area (Å²) in [7, 11) is 1.26. The van der Waals surface area contributed by atoms with E-state index in [1.54, 1.807) is 0 Å². The number of carbonyl (C=O) groups is 2. The molecule has 68 valence electrons. The summed E-state index contributed by atoms with van der Waals surface area (Å²) in [6, 6.07) is 0. The summed E-state index contributed by atoms with van der Waals surface area (Å²) in [5.74, 6) is -0.209. The molecular weight excluding hydrogens is 182 g/mol. The van der Waals surface area contributed by atoms with E-state index in [4.69, 9.17) is 11.6 Å². The fourth-order valence-corrected chi connectivity index (χ4v) is 1.23. The number of nitrogens with one attached hydrogen (secondary N) is 1. The van der Waals surface area contributed by atoms with E-state index in [-0.39, 0.29) is 11.7 Å². The zero-order chi connectivity index (χ0) is 9.19. The van der Waals surface area contributed by atoms with E-state index in [0.717, 1.165) is 0 Å². The Morgan fingerprint density at radius 1 is 1.58 bits per heavy atom. The van der Waals surface area contributed by atoms with Crippen LogP contribution in [0.4, 0.5) is 4.79 Å². The molecule has 0 bridgehead atoms. The predicted octanol–water partition coefficient (Wildman–Crippen LogP) is 0.683. The van der Waals surface area contributed by atoms with Gasteiger partial charge in [0.05, 0.1) is 13.0 Å². The molecule has 0 saturated heterocycles. The van der Waals surface area contributed by atoms with E-state index in [0.29, 0.717) is 12.8 Å². The first-order chi connectivity index (χ1) is 5.64. The molecule has 0 spiro atoms. The van der Waals surface area contributed by atoms with Crippen LogP contribution in [-0.4, -0.2) is 30.4 Å². The first kappa shape index (κ1) is 9.32. The molecule has 0 aromatic carbocycles. The normalized spacial score (nSPS) is 18.2. The Morgan fingerprint density at radius 2 is 2.17 bits per heavy atom. The number of ether oxygens (including phenoxy) is 1. The van der Waals surface area contributed by atoms with E-state index in [9.17, 15) is 9.59 Å². The second-order valence-electron chi connectivity index (χ2n) is 2.76. The van der Waals surface area contributed by atoms with Crippen LogP contribution in [0.1, 0.15) is 12.8 Å². The number of halogens is 1. The van der Waals surface area contributed by atoms with E-state index in [1.807, 2.05) is 0 Å². The molecule has 0 heterocycles. The summed E-state index contributed by atoms with van der Waals surface area (Å²) < 4.78 is 4.38. The highest BCUT2D eigenvalue weighted by molar-refractivity contribution is 6.29. The molecule has 5 heteroatoms. The minimum atomic E-state index is -0.713. The molecule has 0 radical (unpaired) electrons. The molecule has 0 aromatic heterocycles. The Hall–Kier alpha value is -0.770. The van der Waals surface area contributed by atoms with Gasteiger partial charge < -0.3 is 10.1 Å². The molecule has 0 aromatic rings. The Balaban J connectivity index is 2.50. The van der Waals surface area contributed by atoms with Crippen molar-refractivity contribution in [2.45, 2.75) is 18.4 Å². The topological polar surface area (TPSA) is 55.4 Å². The molecule has 12 heavy (non-hydrogen) atoms. The minimum Gasteiger partial charge on any atom is -0.453 e. The molecule has 0 unspecified atom stereocenters. The van der Waals surface area contributed by atoms with Crippen molar-refractivity contribution >= 4 is 23.5 Å². The van der Waals surface area contributed by atoms with Crippen LogP contribution >= 0.6 is 11.6 Å². The van der Waals surface area contributed by atoms with Crippen LogP contribution in [0.5, 0.6) is 0 Å². The third-order valence-corrected chi connectivity index (χ3v) is 2.17. The highest BCUT2D eigenvalue weighted by Gasteiger charge is 2.50. The van der Waals surface area contributed by atoms with Gasteiger partial charge in [0.15, 0.2) is 5.78 Å². The van der Waals surface area contributed by atoms with Gasteiger partial charge in [0.1, 0.15) is 5.54 Å². The summed E-state index contributed by atoms with van der Waals surface area (Å²) in [6.07, 6.45) is 0.743. The standard InChI is InChI=1S/C7H10ClNO3/c1-12-6(11)9-7(2-3-7)5(10)4-8/h2-4H2,1H3,(H,9,11). The highest BCUT2D eigenvalue weighted by atomic mass is 35.5. The molecule has 1 aliphatic carbocycles. The predicted molar refractivity (Wildman–Crippen MR) is 43.2 cm³/mol. The number of rotatable bonds is 3. The number of hydrogen-bond acceptors (Lipinski definition) is 3. The largest absolute Gasteiger partial charge is 0.453 e. The number of carbonyl (C=O) groups excluding carboxylic acids is 2. The van der Waals surface area contributed by atoms with Gasteiger partial charge in [-0.05, 0) is 12.8 Å². The monoisotopic (exact) mass is 191 g/mol. The molecule has 1 aliphatic rings. The van der Waals surface area contributed by atoms with Crippen LogP contribution in [0.2, 0.25) is 0 Å². The minimum absolute atomic E-state index is 0.0655. The van der Waals surface area contributed by atoms with Crippen molar-refractivity contribution in [3.63, 3.8) is 0 Å². The quantitative estimate of drug-likeness (QED) is 0.668. The Kier molecular flexibility index (Phi) is 2.57. The fraction of sp³-hybridized carbons (Fsp3) is 0.714. The lowest BCUT2D eigenvalue weighted by Crippen LogP contribution is -2.43. The van der Waals surface area contributed by atoms with Crippen molar-refractivity contribution in [3.8, 4) is 0 Å². The smallest absolute Gasteiger partial charge is 0.407 e. The van der Waals surface area contributed by atoms with Crippen molar-refractivity contribution in [3.05, 3.63) is 0 Å². The van der Waals surface area contributed by atoms with Gasteiger partial charge in [-0.15, -0.1) is 11.6 Å². The fourth-order valence-electron chi connectivity index (χ4n) is 0.973. The third-order valence-electron chi connectivity index (χ3n) is 1.93. The van der Waals surface area contributed by atoms with Crippen LogP contribution < -0.4 is 5.32 Å². The zero-order valence-electron chi connectivity index (χ0n) is 6.72. The molecule has 4 nitrogen and oxygen atoms in total. The lowest BCUT2D eigenvalue weighted by Gasteiger charge is -2.12. The first-order valence-electron chi connectivity index (χ1n) is 3.60. The van der Waals surface area contributed by atoms with Crippen molar-refractivity contribution in [2.24, 2.45) is 0 Å². The average Bonchev–Trinajstić information content (AvgIpc) is 2.84. The maximum atomic E-state index is 11.1.